The lowest BCUT2D eigenvalue weighted by Gasteiger charge is -2.36. The summed E-state index contributed by atoms with van der Waals surface area (Å²) in [4.78, 5) is 25.9. The maximum absolute atomic E-state index is 13.0. The highest BCUT2D eigenvalue weighted by Gasteiger charge is 2.34. The molecule has 0 radical (unpaired) electrons. The van der Waals surface area contributed by atoms with Gasteiger partial charge in [-0.15, -0.1) is 0 Å². The summed E-state index contributed by atoms with van der Waals surface area (Å²) < 4.78 is 37.7. The smallest absolute Gasteiger partial charge is 0.245 e. The van der Waals surface area contributed by atoms with Crippen LogP contribution in [0.1, 0.15) is 20.8 Å². The van der Waals surface area contributed by atoms with Crippen molar-refractivity contribution in [1.82, 2.24) is 14.5 Å². The molecular formula is C19H29N3O6S. The van der Waals surface area contributed by atoms with Gasteiger partial charge in [-0.2, -0.15) is 4.31 Å². The second-order valence-electron chi connectivity index (χ2n) is 7.17. The van der Waals surface area contributed by atoms with Crippen molar-refractivity contribution in [3.05, 3.63) is 18.2 Å². The number of amides is 2. The standard InChI is InChI=1S/C19H29N3O6S/c1-13(2)18(20-14(3)23)19(24)21-8-10-22(11-9-21)29(25,26)15-6-7-16(27-4)17(12-15)28-5/h6-7,12-13,18H,8-11H2,1-5H3,(H,20,23)/t18-/m1/s1. The van der Waals surface area contributed by atoms with Crippen LogP contribution in [0.4, 0.5) is 0 Å². The van der Waals surface area contributed by atoms with Crippen LogP contribution >= 0.6 is 0 Å². The Labute approximate surface area is 172 Å². The highest BCUT2D eigenvalue weighted by molar-refractivity contribution is 7.89. The lowest BCUT2D eigenvalue weighted by atomic mass is 10.0. The number of rotatable bonds is 7. The fraction of sp³-hybridized carbons (Fsp3) is 0.579. The predicted octanol–water partition coefficient (Wildman–Crippen LogP) is 0.697. The molecule has 1 aliphatic rings. The van der Waals surface area contributed by atoms with Crippen molar-refractivity contribution < 1.29 is 27.5 Å². The molecule has 1 aromatic carbocycles. The summed E-state index contributed by atoms with van der Waals surface area (Å²) in [5, 5.41) is 2.68. The van der Waals surface area contributed by atoms with Crippen molar-refractivity contribution >= 4 is 21.8 Å². The number of piperazine rings is 1. The van der Waals surface area contributed by atoms with Crippen molar-refractivity contribution in [1.29, 1.82) is 0 Å². The van der Waals surface area contributed by atoms with Crippen LogP contribution in [0.25, 0.3) is 0 Å². The summed E-state index contributed by atoms with van der Waals surface area (Å²) in [7, 11) is -0.811. The average Bonchev–Trinajstić information content (AvgIpc) is 2.70. The quantitative estimate of drug-likeness (QED) is 0.687. The van der Waals surface area contributed by atoms with Crippen molar-refractivity contribution in [2.75, 3.05) is 40.4 Å². The van der Waals surface area contributed by atoms with Crippen LogP contribution in [0.2, 0.25) is 0 Å². The third-order valence-corrected chi connectivity index (χ3v) is 6.73. The van der Waals surface area contributed by atoms with Crippen molar-refractivity contribution in [2.24, 2.45) is 5.92 Å². The number of methoxy groups -OCH3 is 2. The van der Waals surface area contributed by atoms with Gasteiger partial charge in [0.15, 0.2) is 11.5 Å². The van der Waals surface area contributed by atoms with Gasteiger partial charge in [-0.1, -0.05) is 13.8 Å². The molecule has 2 rings (SSSR count). The topological polar surface area (TPSA) is 105 Å². The summed E-state index contributed by atoms with van der Waals surface area (Å²) in [6.45, 7) is 5.95. The van der Waals surface area contributed by atoms with Crippen LogP contribution < -0.4 is 14.8 Å². The number of carbonyl (C=O) groups is 2. The van der Waals surface area contributed by atoms with E-state index in [9.17, 15) is 18.0 Å². The zero-order valence-electron chi connectivity index (χ0n) is 17.5. The first-order valence-electron chi connectivity index (χ1n) is 9.39. The number of nitrogens with one attached hydrogen (secondary N) is 1. The molecule has 0 unspecified atom stereocenters. The van der Waals surface area contributed by atoms with E-state index in [1.807, 2.05) is 13.8 Å². The molecular weight excluding hydrogens is 398 g/mol. The minimum Gasteiger partial charge on any atom is -0.493 e. The number of sulfonamides is 1. The summed E-state index contributed by atoms with van der Waals surface area (Å²) in [6.07, 6.45) is 0. The highest BCUT2D eigenvalue weighted by Crippen LogP contribution is 2.31. The largest absolute Gasteiger partial charge is 0.493 e. The van der Waals surface area contributed by atoms with E-state index in [0.717, 1.165) is 0 Å². The lowest BCUT2D eigenvalue weighted by molar-refractivity contribution is -0.138. The van der Waals surface area contributed by atoms with Gasteiger partial charge in [0.2, 0.25) is 21.8 Å². The SMILES string of the molecule is COc1ccc(S(=O)(=O)N2CCN(C(=O)[C@H](NC(C)=O)C(C)C)CC2)cc1OC. The van der Waals surface area contributed by atoms with E-state index in [0.29, 0.717) is 11.5 Å². The zero-order chi connectivity index (χ0) is 21.8. The molecule has 2 amide bonds. The number of ether oxygens (including phenoxy) is 2. The van der Waals surface area contributed by atoms with Crippen molar-refractivity contribution in [3.63, 3.8) is 0 Å². The third-order valence-electron chi connectivity index (χ3n) is 4.83. The Morgan fingerprint density at radius 3 is 2.10 bits per heavy atom. The fourth-order valence-electron chi connectivity index (χ4n) is 3.20. The fourth-order valence-corrected chi connectivity index (χ4v) is 4.64. The van der Waals surface area contributed by atoms with E-state index in [4.69, 9.17) is 9.47 Å². The van der Waals surface area contributed by atoms with Gasteiger partial charge < -0.3 is 19.7 Å². The molecule has 1 atom stereocenters. The molecule has 29 heavy (non-hydrogen) atoms. The number of hydrogen-bond donors (Lipinski definition) is 1. The molecule has 1 aromatic rings. The second-order valence-corrected chi connectivity index (χ2v) is 9.11. The van der Waals surface area contributed by atoms with Gasteiger partial charge in [0.1, 0.15) is 6.04 Å². The van der Waals surface area contributed by atoms with Crippen LogP contribution in [-0.4, -0.2) is 75.9 Å². The van der Waals surface area contributed by atoms with Crippen molar-refractivity contribution in [2.45, 2.75) is 31.7 Å². The van der Waals surface area contributed by atoms with E-state index in [-0.39, 0.29) is 48.8 Å². The summed E-state index contributed by atoms with van der Waals surface area (Å²) in [5.41, 5.74) is 0. The Balaban J connectivity index is 2.11. The van der Waals surface area contributed by atoms with Gasteiger partial charge in [-0.3, -0.25) is 9.59 Å². The Morgan fingerprint density at radius 2 is 1.62 bits per heavy atom. The van der Waals surface area contributed by atoms with Gasteiger partial charge >= 0.3 is 0 Å². The first-order valence-corrected chi connectivity index (χ1v) is 10.8. The lowest BCUT2D eigenvalue weighted by Crippen LogP contribution is -2.56. The first kappa shape index (κ1) is 23.0. The van der Waals surface area contributed by atoms with E-state index in [1.165, 1.54) is 37.6 Å². The maximum atomic E-state index is 13.0. The Kier molecular flexibility index (Phi) is 7.48. The molecule has 1 fully saturated rings. The Hall–Kier alpha value is -2.33. The molecule has 1 aliphatic heterocycles. The molecule has 162 valence electrons. The van der Waals surface area contributed by atoms with Gasteiger partial charge in [0, 0.05) is 39.2 Å². The third kappa shape index (κ3) is 5.18. The molecule has 10 heteroatoms. The van der Waals surface area contributed by atoms with Crippen LogP contribution in [0, 0.1) is 5.92 Å². The van der Waals surface area contributed by atoms with Gasteiger partial charge in [0.25, 0.3) is 0 Å². The molecule has 0 saturated carbocycles. The van der Waals surface area contributed by atoms with E-state index < -0.39 is 16.1 Å². The van der Waals surface area contributed by atoms with E-state index >= 15 is 0 Å². The zero-order valence-corrected chi connectivity index (χ0v) is 18.3. The molecule has 1 N–H and O–H groups in total. The van der Waals surface area contributed by atoms with E-state index in [1.54, 1.807) is 11.0 Å². The monoisotopic (exact) mass is 427 g/mol. The Morgan fingerprint density at radius 1 is 1.03 bits per heavy atom. The molecule has 0 spiro atoms. The molecule has 0 aromatic heterocycles. The van der Waals surface area contributed by atoms with Crippen LogP contribution in [0.15, 0.2) is 23.1 Å². The number of hydrogen-bond acceptors (Lipinski definition) is 6. The highest BCUT2D eigenvalue weighted by atomic mass is 32.2. The van der Waals surface area contributed by atoms with Gasteiger partial charge in [-0.25, -0.2) is 8.42 Å². The number of benzene rings is 1. The van der Waals surface area contributed by atoms with Gasteiger partial charge in [-0.05, 0) is 18.1 Å². The van der Waals surface area contributed by atoms with Crippen LogP contribution in [0.5, 0.6) is 11.5 Å². The number of carbonyl (C=O) groups excluding carboxylic acids is 2. The minimum absolute atomic E-state index is 0.0695. The average molecular weight is 428 g/mol. The van der Waals surface area contributed by atoms with Crippen LogP contribution in [-0.2, 0) is 19.6 Å². The molecule has 1 saturated heterocycles. The maximum Gasteiger partial charge on any atom is 0.245 e. The molecule has 0 bridgehead atoms. The second kappa shape index (κ2) is 9.45. The normalized spacial score (nSPS) is 16.4. The minimum atomic E-state index is -3.73. The molecule has 0 aliphatic carbocycles. The Bertz CT molecular complexity index is 848. The molecule has 1 heterocycles. The summed E-state index contributed by atoms with van der Waals surface area (Å²) in [5.74, 6) is 0.238. The van der Waals surface area contributed by atoms with Crippen molar-refractivity contribution in [3.8, 4) is 11.5 Å². The summed E-state index contributed by atoms with van der Waals surface area (Å²) >= 11 is 0. The molecule has 9 nitrogen and oxygen atoms in total. The van der Waals surface area contributed by atoms with Gasteiger partial charge in [0.05, 0.1) is 19.1 Å². The first-order chi connectivity index (χ1) is 13.6. The predicted molar refractivity (Wildman–Crippen MR) is 107 cm³/mol. The number of nitrogens with zero attached hydrogens (tertiary/aromatic N) is 2. The van der Waals surface area contributed by atoms with E-state index in [2.05, 4.69) is 5.32 Å². The summed E-state index contributed by atoms with van der Waals surface area (Å²) in [6, 6.07) is 3.82. The van der Waals surface area contributed by atoms with Crippen LogP contribution in [0.3, 0.4) is 0 Å².